The van der Waals surface area contributed by atoms with Gasteiger partial charge in [-0.05, 0) is 23.8 Å². The highest BCUT2D eigenvalue weighted by molar-refractivity contribution is 6.55. The lowest BCUT2D eigenvalue weighted by atomic mass is 10.1. The SMILES string of the molecule is O=C(c1ccccc1[N+](=O)[O-])N(Cc1ccc(Cl)cc1)N1C(=O)c2c(Cl)c(Cl)c(Cl)c(Cl)c2C1=O. The Morgan fingerprint density at radius 2 is 1.34 bits per heavy atom. The van der Waals surface area contributed by atoms with Crippen molar-refractivity contribution in [2.75, 3.05) is 0 Å². The predicted octanol–water partition coefficient (Wildman–Crippen LogP) is 6.72. The average molecular weight is 574 g/mol. The van der Waals surface area contributed by atoms with Crippen LogP contribution in [0, 0.1) is 10.1 Å². The van der Waals surface area contributed by atoms with Gasteiger partial charge in [0, 0.05) is 11.1 Å². The monoisotopic (exact) mass is 571 g/mol. The molecule has 8 nitrogen and oxygen atoms in total. The highest BCUT2D eigenvalue weighted by Crippen LogP contribution is 2.45. The molecule has 0 saturated heterocycles. The molecule has 0 fully saturated rings. The number of rotatable bonds is 5. The standard InChI is InChI=1S/C22H10Cl5N3O5/c23-11-7-5-10(6-8-11)9-28(20(31)12-3-1-2-4-13(12)30(34)35)29-21(32)14-15(22(29)33)17(25)19(27)18(26)16(14)24/h1-8H,9H2. The molecule has 0 saturated carbocycles. The molecule has 3 amide bonds. The molecular formula is C22H10Cl5N3O5. The first-order valence-corrected chi connectivity index (χ1v) is 11.5. The van der Waals surface area contributed by atoms with Gasteiger partial charge >= 0.3 is 0 Å². The van der Waals surface area contributed by atoms with Crippen molar-refractivity contribution >= 4 is 81.4 Å². The number of hydrazine groups is 1. The van der Waals surface area contributed by atoms with Crippen molar-refractivity contribution in [3.63, 3.8) is 0 Å². The molecule has 178 valence electrons. The van der Waals surface area contributed by atoms with E-state index in [4.69, 9.17) is 58.0 Å². The van der Waals surface area contributed by atoms with Gasteiger partial charge in [-0.25, -0.2) is 5.01 Å². The third-order valence-corrected chi connectivity index (χ3v) is 7.19. The molecule has 1 aliphatic heterocycles. The maximum Gasteiger partial charge on any atom is 0.282 e. The number of hydrogen-bond acceptors (Lipinski definition) is 5. The highest BCUT2D eigenvalue weighted by atomic mass is 35.5. The van der Waals surface area contributed by atoms with Crippen molar-refractivity contribution in [3.8, 4) is 0 Å². The summed E-state index contributed by atoms with van der Waals surface area (Å²) >= 11 is 30.5. The van der Waals surface area contributed by atoms with E-state index >= 15 is 0 Å². The average Bonchev–Trinajstić information content (AvgIpc) is 3.10. The normalized spacial score (nSPS) is 12.7. The number of benzene rings is 3. The quantitative estimate of drug-likeness (QED) is 0.111. The number of amides is 3. The fourth-order valence-corrected chi connectivity index (χ4v) is 4.65. The van der Waals surface area contributed by atoms with E-state index in [9.17, 15) is 24.5 Å². The number of carbonyl (C=O) groups is 3. The van der Waals surface area contributed by atoms with Crippen molar-refractivity contribution in [2.24, 2.45) is 0 Å². The van der Waals surface area contributed by atoms with Gasteiger partial charge in [0.05, 0.1) is 42.7 Å². The van der Waals surface area contributed by atoms with E-state index in [1.54, 1.807) is 24.3 Å². The number of halogens is 5. The van der Waals surface area contributed by atoms with Crippen LogP contribution in [-0.4, -0.2) is 32.7 Å². The number of nitro benzene ring substituents is 1. The summed E-state index contributed by atoms with van der Waals surface area (Å²) in [5, 5.41) is 12.1. The van der Waals surface area contributed by atoms with Crippen LogP contribution in [0.2, 0.25) is 25.1 Å². The van der Waals surface area contributed by atoms with Crippen LogP contribution in [0.4, 0.5) is 5.69 Å². The number of para-hydroxylation sites is 1. The van der Waals surface area contributed by atoms with Gasteiger partial charge in [-0.3, -0.25) is 24.5 Å². The second-order valence-electron chi connectivity index (χ2n) is 7.19. The summed E-state index contributed by atoms with van der Waals surface area (Å²) < 4.78 is 0. The van der Waals surface area contributed by atoms with E-state index < -0.39 is 28.3 Å². The lowest BCUT2D eigenvalue weighted by Crippen LogP contribution is -2.49. The number of hydrogen-bond donors (Lipinski definition) is 0. The molecular weight excluding hydrogens is 564 g/mol. The Hall–Kier alpha value is -2.88. The minimum absolute atomic E-state index is 0.241. The maximum absolute atomic E-state index is 13.6. The zero-order chi connectivity index (χ0) is 25.6. The third kappa shape index (κ3) is 4.32. The molecule has 3 aromatic rings. The predicted molar refractivity (Wildman–Crippen MR) is 131 cm³/mol. The molecule has 0 aromatic heterocycles. The Balaban J connectivity index is 1.88. The molecule has 0 N–H and O–H groups in total. The minimum Gasteiger partial charge on any atom is -0.267 e. The summed E-state index contributed by atoms with van der Waals surface area (Å²) in [6, 6.07) is 11.3. The Morgan fingerprint density at radius 1 is 0.829 bits per heavy atom. The molecule has 35 heavy (non-hydrogen) atoms. The second kappa shape index (κ2) is 9.64. The molecule has 0 unspecified atom stereocenters. The van der Waals surface area contributed by atoms with Crippen LogP contribution < -0.4 is 0 Å². The molecule has 4 rings (SSSR count). The van der Waals surface area contributed by atoms with E-state index in [2.05, 4.69) is 0 Å². The Bertz CT molecular complexity index is 1380. The number of imide groups is 1. The fraction of sp³-hybridized carbons (Fsp3) is 0.0455. The second-order valence-corrected chi connectivity index (χ2v) is 9.14. The van der Waals surface area contributed by atoms with Gasteiger partial charge in [0.2, 0.25) is 0 Å². The molecule has 0 spiro atoms. The van der Waals surface area contributed by atoms with Crippen LogP contribution >= 0.6 is 58.0 Å². The van der Waals surface area contributed by atoms with Crippen LogP contribution in [0.5, 0.6) is 0 Å². The van der Waals surface area contributed by atoms with Crippen LogP contribution in [0.15, 0.2) is 48.5 Å². The Kier molecular flexibility index (Phi) is 6.95. The van der Waals surface area contributed by atoms with Crippen LogP contribution in [-0.2, 0) is 6.54 Å². The molecule has 0 radical (unpaired) electrons. The van der Waals surface area contributed by atoms with Gasteiger partial charge < -0.3 is 0 Å². The smallest absolute Gasteiger partial charge is 0.267 e. The van der Waals surface area contributed by atoms with Crippen molar-refractivity contribution < 1.29 is 19.3 Å². The number of carbonyl (C=O) groups excluding carboxylic acids is 3. The number of nitro groups is 1. The van der Waals surface area contributed by atoms with E-state index in [-0.39, 0.29) is 43.3 Å². The number of fused-ring (bicyclic) bond motifs is 1. The van der Waals surface area contributed by atoms with Crippen molar-refractivity contribution in [2.45, 2.75) is 6.54 Å². The lowest BCUT2D eigenvalue weighted by molar-refractivity contribution is -0.385. The first-order valence-electron chi connectivity index (χ1n) is 9.59. The maximum atomic E-state index is 13.6. The van der Waals surface area contributed by atoms with Crippen molar-refractivity contribution in [1.29, 1.82) is 0 Å². The molecule has 3 aromatic carbocycles. The van der Waals surface area contributed by atoms with E-state index in [1.807, 2.05) is 0 Å². The first-order chi connectivity index (χ1) is 16.5. The Labute approximate surface area is 222 Å². The summed E-state index contributed by atoms with van der Waals surface area (Å²) in [6.45, 7) is -0.329. The van der Waals surface area contributed by atoms with Gasteiger partial charge in [-0.1, -0.05) is 82.3 Å². The van der Waals surface area contributed by atoms with E-state index in [0.29, 0.717) is 15.6 Å². The summed E-state index contributed by atoms with van der Waals surface area (Å²) in [5.41, 5.74) is -1.08. The third-order valence-electron chi connectivity index (χ3n) is 5.13. The zero-order valence-electron chi connectivity index (χ0n) is 17.1. The topological polar surface area (TPSA) is 101 Å². The molecule has 0 atom stereocenters. The van der Waals surface area contributed by atoms with Gasteiger partial charge in [0.1, 0.15) is 5.56 Å². The summed E-state index contributed by atoms with van der Waals surface area (Å²) in [4.78, 5) is 51.2. The van der Waals surface area contributed by atoms with Crippen molar-refractivity contribution in [1.82, 2.24) is 10.0 Å². The molecule has 13 heteroatoms. The molecule has 0 bridgehead atoms. The van der Waals surface area contributed by atoms with Crippen molar-refractivity contribution in [3.05, 3.63) is 106 Å². The highest BCUT2D eigenvalue weighted by Gasteiger charge is 2.46. The first kappa shape index (κ1) is 25.2. The largest absolute Gasteiger partial charge is 0.282 e. The zero-order valence-corrected chi connectivity index (χ0v) is 20.9. The fourth-order valence-electron chi connectivity index (χ4n) is 3.51. The summed E-state index contributed by atoms with van der Waals surface area (Å²) in [5.74, 6) is -3.00. The molecule has 1 aliphatic rings. The van der Waals surface area contributed by atoms with Crippen LogP contribution in [0.1, 0.15) is 36.6 Å². The van der Waals surface area contributed by atoms with Gasteiger partial charge in [-0.15, -0.1) is 0 Å². The molecule has 0 aliphatic carbocycles. The minimum atomic E-state index is -1.00. The Morgan fingerprint density at radius 3 is 1.86 bits per heavy atom. The van der Waals surface area contributed by atoms with Gasteiger partial charge in [-0.2, -0.15) is 5.01 Å². The van der Waals surface area contributed by atoms with Gasteiger partial charge in [0.15, 0.2) is 0 Å². The number of nitrogens with zero attached hydrogens (tertiary/aromatic N) is 3. The molecule has 1 heterocycles. The van der Waals surface area contributed by atoms with E-state index in [1.165, 1.54) is 18.2 Å². The van der Waals surface area contributed by atoms with E-state index in [0.717, 1.165) is 11.1 Å². The summed E-state index contributed by atoms with van der Waals surface area (Å²) in [6.07, 6.45) is 0. The van der Waals surface area contributed by atoms with Crippen LogP contribution in [0.25, 0.3) is 0 Å². The lowest BCUT2D eigenvalue weighted by Gasteiger charge is -2.30. The summed E-state index contributed by atoms with van der Waals surface area (Å²) in [7, 11) is 0. The van der Waals surface area contributed by atoms with Gasteiger partial charge in [0.25, 0.3) is 23.4 Å². The van der Waals surface area contributed by atoms with Crippen LogP contribution in [0.3, 0.4) is 0 Å².